The number of aromatic nitrogens is 2. The highest BCUT2D eigenvalue weighted by Crippen LogP contribution is 2.28. The number of thioether (sulfide) groups is 1. The normalized spacial score (nSPS) is 27.0. The van der Waals surface area contributed by atoms with Crippen molar-refractivity contribution in [3.63, 3.8) is 0 Å². The highest BCUT2D eigenvalue weighted by atomic mass is 32.2. The maximum absolute atomic E-state index is 4.52. The van der Waals surface area contributed by atoms with Crippen LogP contribution >= 0.6 is 23.3 Å². The number of nitrogens with zero attached hydrogens (tertiary/aromatic N) is 3. The highest BCUT2D eigenvalue weighted by Gasteiger charge is 2.24. The molecule has 0 spiro atoms. The molecule has 1 aromatic heterocycles. The third-order valence-corrected chi connectivity index (χ3v) is 4.16. The molecule has 0 radical (unpaired) electrons. The predicted molar refractivity (Wildman–Crippen MR) is 66.8 cm³/mol. The van der Waals surface area contributed by atoms with Crippen LogP contribution in [0, 0.1) is 11.8 Å². The molecule has 0 bridgehead atoms. The van der Waals surface area contributed by atoms with Gasteiger partial charge in [-0.05, 0) is 24.5 Å². The molecule has 1 aromatic rings. The van der Waals surface area contributed by atoms with Gasteiger partial charge >= 0.3 is 0 Å². The summed E-state index contributed by atoms with van der Waals surface area (Å²) in [5.74, 6) is 1.55. The fraction of sp³-hybridized carbons (Fsp3) is 0.800. The molecule has 1 saturated heterocycles. The van der Waals surface area contributed by atoms with Crippen molar-refractivity contribution in [1.82, 2.24) is 9.36 Å². The largest absolute Gasteiger partial charge is 0.346 e. The van der Waals surface area contributed by atoms with E-state index in [4.69, 9.17) is 0 Å². The van der Waals surface area contributed by atoms with E-state index >= 15 is 0 Å². The van der Waals surface area contributed by atoms with Crippen molar-refractivity contribution < 1.29 is 0 Å². The standard InChI is InChI=1S/C10H17N3S2/c1-7-4-8(2)6-13(5-7)10-11-9(14-3)12-15-10/h7-8H,4-6H2,1-3H3. The van der Waals surface area contributed by atoms with Gasteiger partial charge in [0.25, 0.3) is 0 Å². The van der Waals surface area contributed by atoms with Gasteiger partial charge in [0.1, 0.15) is 0 Å². The smallest absolute Gasteiger partial charge is 0.205 e. The van der Waals surface area contributed by atoms with Crippen LogP contribution in [0.15, 0.2) is 5.16 Å². The number of hydrogen-bond donors (Lipinski definition) is 0. The fourth-order valence-electron chi connectivity index (χ4n) is 2.23. The minimum atomic E-state index is 0.773. The second-order valence-corrected chi connectivity index (χ2v) is 5.92. The molecule has 0 aliphatic carbocycles. The van der Waals surface area contributed by atoms with E-state index in [9.17, 15) is 0 Å². The SMILES string of the molecule is CSc1nsc(N2CC(C)CC(C)C2)n1. The molecule has 0 aromatic carbocycles. The molecule has 0 amide bonds. The van der Waals surface area contributed by atoms with Crippen LogP contribution in [0.5, 0.6) is 0 Å². The van der Waals surface area contributed by atoms with Crippen molar-refractivity contribution in [2.24, 2.45) is 11.8 Å². The van der Waals surface area contributed by atoms with Crippen LogP contribution in [0.4, 0.5) is 5.13 Å². The Morgan fingerprint density at radius 3 is 2.53 bits per heavy atom. The van der Waals surface area contributed by atoms with Crippen LogP contribution < -0.4 is 4.90 Å². The molecule has 0 saturated carbocycles. The zero-order valence-corrected chi connectivity index (χ0v) is 11.1. The van der Waals surface area contributed by atoms with Gasteiger partial charge in [-0.15, -0.1) is 0 Å². The monoisotopic (exact) mass is 243 g/mol. The van der Waals surface area contributed by atoms with Gasteiger partial charge in [0.2, 0.25) is 10.3 Å². The van der Waals surface area contributed by atoms with Gasteiger partial charge in [-0.1, -0.05) is 25.6 Å². The minimum Gasteiger partial charge on any atom is -0.346 e. The molecular formula is C10H17N3S2. The first-order valence-electron chi connectivity index (χ1n) is 5.31. The van der Waals surface area contributed by atoms with Crippen molar-refractivity contribution >= 4 is 28.4 Å². The van der Waals surface area contributed by atoms with Crippen LogP contribution in [0.1, 0.15) is 20.3 Å². The fourth-order valence-corrected chi connectivity index (χ4v) is 3.47. The maximum atomic E-state index is 4.52. The molecule has 1 aliphatic rings. The summed E-state index contributed by atoms with van der Waals surface area (Å²) >= 11 is 3.15. The lowest BCUT2D eigenvalue weighted by Crippen LogP contribution is -2.38. The molecule has 1 fully saturated rings. The molecule has 2 atom stereocenters. The Morgan fingerprint density at radius 1 is 1.33 bits per heavy atom. The second kappa shape index (κ2) is 4.70. The number of hydrogen-bond acceptors (Lipinski definition) is 5. The molecule has 3 nitrogen and oxygen atoms in total. The zero-order chi connectivity index (χ0) is 10.8. The molecular weight excluding hydrogens is 226 g/mol. The van der Waals surface area contributed by atoms with Crippen LogP contribution in [0.2, 0.25) is 0 Å². The van der Waals surface area contributed by atoms with E-state index in [1.165, 1.54) is 18.0 Å². The predicted octanol–water partition coefficient (Wildman–Crippen LogP) is 2.74. The van der Waals surface area contributed by atoms with Gasteiger partial charge in [0.05, 0.1) is 0 Å². The Morgan fingerprint density at radius 2 is 2.00 bits per heavy atom. The lowest BCUT2D eigenvalue weighted by atomic mass is 9.92. The first-order valence-corrected chi connectivity index (χ1v) is 7.31. The summed E-state index contributed by atoms with van der Waals surface area (Å²) in [7, 11) is 0. The number of rotatable bonds is 2. The summed E-state index contributed by atoms with van der Waals surface area (Å²) in [5.41, 5.74) is 0. The van der Waals surface area contributed by atoms with E-state index in [1.54, 1.807) is 11.8 Å². The first-order chi connectivity index (χ1) is 7.19. The summed E-state index contributed by atoms with van der Waals surface area (Å²) in [5, 5.41) is 2.00. The van der Waals surface area contributed by atoms with E-state index in [0.717, 1.165) is 35.2 Å². The Labute approximate surface area is 99.4 Å². The van der Waals surface area contributed by atoms with Gasteiger partial charge in [-0.2, -0.15) is 9.36 Å². The maximum Gasteiger partial charge on any atom is 0.205 e. The third kappa shape index (κ3) is 2.64. The van der Waals surface area contributed by atoms with E-state index in [0.29, 0.717) is 0 Å². The Bertz CT molecular complexity index is 316. The van der Waals surface area contributed by atoms with Crippen LogP contribution in [-0.2, 0) is 0 Å². The topological polar surface area (TPSA) is 29.0 Å². The van der Waals surface area contributed by atoms with Crippen molar-refractivity contribution in [3.05, 3.63) is 0 Å². The summed E-state index contributed by atoms with van der Waals surface area (Å²) in [4.78, 5) is 6.90. The molecule has 2 rings (SSSR count). The lowest BCUT2D eigenvalue weighted by molar-refractivity contribution is 0.356. The second-order valence-electron chi connectivity index (χ2n) is 4.41. The quantitative estimate of drug-likeness (QED) is 0.747. The first kappa shape index (κ1) is 11.2. The average molecular weight is 243 g/mol. The van der Waals surface area contributed by atoms with Crippen molar-refractivity contribution in [1.29, 1.82) is 0 Å². The van der Waals surface area contributed by atoms with E-state index in [1.807, 2.05) is 6.26 Å². The molecule has 1 aliphatic heterocycles. The molecule has 15 heavy (non-hydrogen) atoms. The van der Waals surface area contributed by atoms with Crippen LogP contribution in [0.3, 0.4) is 0 Å². The van der Waals surface area contributed by atoms with Gasteiger partial charge < -0.3 is 4.90 Å². The molecule has 5 heteroatoms. The average Bonchev–Trinajstić information content (AvgIpc) is 2.64. The Hall–Kier alpha value is -0.290. The molecule has 2 heterocycles. The molecule has 84 valence electrons. The van der Waals surface area contributed by atoms with Gasteiger partial charge in [-0.25, -0.2) is 0 Å². The molecule has 2 unspecified atom stereocenters. The van der Waals surface area contributed by atoms with Crippen LogP contribution in [0.25, 0.3) is 0 Å². The number of anilines is 1. The van der Waals surface area contributed by atoms with Gasteiger partial charge in [0.15, 0.2) is 0 Å². The Balaban J connectivity index is 2.09. The summed E-state index contributed by atoms with van der Waals surface area (Å²) in [6.07, 6.45) is 3.36. The summed E-state index contributed by atoms with van der Waals surface area (Å²) < 4.78 is 4.31. The minimum absolute atomic E-state index is 0.773. The lowest BCUT2D eigenvalue weighted by Gasteiger charge is -2.34. The van der Waals surface area contributed by atoms with E-state index < -0.39 is 0 Å². The van der Waals surface area contributed by atoms with Crippen molar-refractivity contribution in [3.8, 4) is 0 Å². The van der Waals surface area contributed by atoms with E-state index in [2.05, 4.69) is 28.1 Å². The third-order valence-electron chi connectivity index (χ3n) is 2.72. The van der Waals surface area contributed by atoms with Gasteiger partial charge in [0, 0.05) is 24.6 Å². The van der Waals surface area contributed by atoms with E-state index in [-0.39, 0.29) is 0 Å². The van der Waals surface area contributed by atoms with Gasteiger partial charge in [-0.3, -0.25) is 0 Å². The highest BCUT2D eigenvalue weighted by molar-refractivity contribution is 7.98. The number of piperidine rings is 1. The van der Waals surface area contributed by atoms with Crippen LogP contribution in [-0.4, -0.2) is 28.7 Å². The molecule has 0 N–H and O–H groups in total. The van der Waals surface area contributed by atoms with Crippen molar-refractivity contribution in [2.45, 2.75) is 25.4 Å². The summed E-state index contributed by atoms with van der Waals surface area (Å²) in [6.45, 7) is 6.90. The van der Waals surface area contributed by atoms with Crippen molar-refractivity contribution in [2.75, 3.05) is 24.2 Å². The zero-order valence-electron chi connectivity index (χ0n) is 9.43. The Kier molecular flexibility index (Phi) is 3.51. The summed E-state index contributed by atoms with van der Waals surface area (Å²) in [6, 6.07) is 0.